The van der Waals surface area contributed by atoms with Crippen LogP contribution in [0.25, 0.3) is 11.5 Å². The summed E-state index contributed by atoms with van der Waals surface area (Å²) in [6.07, 6.45) is 1.25. The fourth-order valence-corrected chi connectivity index (χ4v) is 2.79. The Bertz CT molecular complexity index is 881. The highest BCUT2D eigenvalue weighted by Crippen LogP contribution is 2.28. The Hall–Kier alpha value is -2.00. The number of carbonyl (C=O) groups is 1. The second-order valence-electron chi connectivity index (χ2n) is 4.55. The van der Waals surface area contributed by atoms with E-state index in [4.69, 9.17) is 32.4 Å². The van der Waals surface area contributed by atoms with Crippen LogP contribution in [-0.4, -0.2) is 28.2 Å². The van der Waals surface area contributed by atoms with Gasteiger partial charge in [0.05, 0.1) is 10.0 Å². The van der Waals surface area contributed by atoms with Crippen LogP contribution in [0.3, 0.4) is 0 Å². The van der Waals surface area contributed by atoms with Gasteiger partial charge in [-0.3, -0.25) is 10.1 Å². The monoisotopic (exact) mass is 384 g/mol. The number of oxazole rings is 1. The van der Waals surface area contributed by atoms with Crippen LogP contribution in [0.15, 0.2) is 28.9 Å². The van der Waals surface area contributed by atoms with Gasteiger partial charge in [0.25, 0.3) is 5.91 Å². The summed E-state index contributed by atoms with van der Waals surface area (Å²) in [5.41, 5.74) is 0.723. The number of amides is 1. The lowest BCUT2D eigenvalue weighted by Crippen LogP contribution is -2.12. The highest BCUT2D eigenvalue weighted by Gasteiger charge is 2.16. The van der Waals surface area contributed by atoms with Gasteiger partial charge in [0.15, 0.2) is 5.69 Å². The van der Waals surface area contributed by atoms with Gasteiger partial charge in [-0.2, -0.15) is 0 Å². The van der Waals surface area contributed by atoms with Crippen LogP contribution >= 0.6 is 34.5 Å². The third-order valence-electron chi connectivity index (χ3n) is 2.86. The molecule has 3 aromatic rings. The maximum atomic E-state index is 12.2. The number of ether oxygens (including phenoxy) is 1. The molecule has 0 aliphatic carbocycles. The van der Waals surface area contributed by atoms with Gasteiger partial charge in [0.1, 0.15) is 17.9 Å². The number of nitrogens with zero attached hydrogens (tertiary/aromatic N) is 3. The van der Waals surface area contributed by atoms with E-state index in [0.717, 1.165) is 0 Å². The van der Waals surface area contributed by atoms with Gasteiger partial charge in [0.2, 0.25) is 11.0 Å². The Morgan fingerprint density at radius 1 is 1.33 bits per heavy atom. The lowest BCUT2D eigenvalue weighted by Gasteiger charge is -1.98. The van der Waals surface area contributed by atoms with Crippen molar-refractivity contribution in [3.63, 3.8) is 0 Å². The van der Waals surface area contributed by atoms with Crippen molar-refractivity contribution >= 4 is 45.6 Å². The van der Waals surface area contributed by atoms with E-state index in [9.17, 15) is 4.79 Å². The minimum atomic E-state index is -0.454. The molecule has 7 nitrogen and oxygen atoms in total. The van der Waals surface area contributed by atoms with Crippen molar-refractivity contribution in [3.05, 3.63) is 45.2 Å². The molecule has 0 aliphatic rings. The lowest BCUT2D eigenvalue weighted by molar-refractivity contribution is 0.102. The third-order valence-corrected chi connectivity index (χ3v) is 4.41. The maximum Gasteiger partial charge on any atom is 0.279 e. The van der Waals surface area contributed by atoms with Crippen molar-refractivity contribution in [2.75, 3.05) is 12.4 Å². The Balaban J connectivity index is 1.74. The van der Waals surface area contributed by atoms with Crippen molar-refractivity contribution in [1.29, 1.82) is 0 Å². The normalized spacial score (nSPS) is 10.8. The number of halogens is 2. The fourth-order valence-electron chi connectivity index (χ4n) is 1.79. The summed E-state index contributed by atoms with van der Waals surface area (Å²) in [5.74, 6) is -0.193. The molecular formula is C14H10Cl2N4O3S. The minimum Gasteiger partial charge on any atom is -0.444 e. The first kappa shape index (κ1) is 16.8. The minimum absolute atomic E-state index is 0.111. The van der Waals surface area contributed by atoms with Gasteiger partial charge in [-0.1, -0.05) is 34.5 Å². The molecule has 24 heavy (non-hydrogen) atoms. The quantitative estimate of drug-likeness (QED) is 0.717. The Labute approximate surface area is 150 Å². The average molecular weight is 385 g/mol. The second kappa shape index (κ2) is 7.27. The van der Waals surface area contributed by atoms with Crippen LogP contribution in [0.4, 0.5) is 5.13 Å². The molecule has 0 bridgehead atoms. The summed E-state index contributed by atoms with van der Waals surface area (Å²) in [6.45, 7) is 0.332. The van der Waals surface area contributed by atoms with E-state index in [2.05, 4.69) is 20.5 Å². The summed E-state index contributed by atoms with van der Waals surface area (Å²) in [4.78, 5) is 16.3. The van der Waals surface area contributed by atoms with E-state index in [1.165, 1.54) is 17.6 Å². The van der Waals surface area contributed by atoms with Crippen molar-refractivity contribution in [3.8, 4) is 11.5 Å². The molecule has 2 heterocycles. The zero-order valence-corrected chi connectivity index (χ0v) is 14.6. The van der Waals surface area contributed by atoms with Crippen molar-refractivity contribution in [2.45, 2.75) is 6.61 Å². The third kappa shape index (κ3) is 3.73. The van der Waals surface area contributed by atoms with E-state index >= 15 is 0 Å². The predicted octanol–water partition coefficient (Wildman–Crippen LogP) is 3.90. The van der Waals surface area contributed by atoms with Crippen molar-refractivity contribution in [1.82, 2.24) is 15.2 Å². The number of hydrogen-bond donors (Lipinski definition) is 1. The van der Waals surface area contributed by atoms with Crippen LogP contribution in [0.2, 0.25) is 10.0 Å². The van der Waals surface area contributed by atoms with Crippen LogP contribution in [0.1, 0.15) is 15.5 Å². The summed E-state index contributed by atoms with van der Waals surface area (Å²) in [5, 5.41) is 12.1. The summed E-state index contributed by atoms with van der Waals surface area (Å²) >= 11 is 13.1. The molecule has 0 aliphatic heterocycles. The first-order valence-electron chi connectivity index (χ1n) is 6.60. The molecular weight excluding hydrogens is 375 g/mol. The topological polar surface area (TPSA) is 90.1 Å². The average Bonchev–Trinajstić information content (AvgIpc) is 3.20. The zero-order valence-electron chi connectivity index (χ0n) is 12.2. The molecule has 2 aromatic heterocycles. The molecule has 0 saturated heterocycles. The molecule has 1 aromatic carbocycles. The van der Waals surface area contributed by atoms with Gasteiger partial charge < -0.3 is 9.15 Å². The SMILES string of the molecule is COCc1nnc(NC(=O)c2coc(-c3ccc(Cl)c(Cl)c3)n2)s1. The Morgan fingerprint density at radius 2 is 2.17 bits per heavy atom. The highest BCUT2D eigenvalue weighted by atomic mass is 35.5. The van der Waals surface area contributed by atoms with E-state index in [-0.39, 0.29) is 11.6 Å². The molecule has 0 saturated carbocycles. The number of carbonyl (C=O) groups excluding carboxylic acids is 1. The predicted molar refractivity (Wildman–Crippen MR) is 90.5 cm³/mol. The van der Waals surface area contributed by atoms with E-state index in [1.54, 1.807) is 25.3 Å². The lowest BCUT2D eigenvalue weighted by atomic mass is 10.2. The van der Waals surface area contributed by atoms with Crippen LogP contribution < -0.4 is 5.32 Å². The Morgan fingerprint density at radius 3 is 2.92 bits per heavy atom. The molecule has 10 heteroatoms. The van der Waals surface area contributed by atoms with E-state index in [1.807, 2.05) is 0 Å². The van der Waals surface area contributed by atoms with Crippen molar-refractivity contribution in [2.24, 2.45) is 0 Å². The van der Waals surface area contributed by atoms with Crippen LogP contribution in [0.5, 0.6) is 0 Å². The second-order valence-corrected chi connectivity index (χ2v) is 6.43. The highest BCUT2D eigenvalue weighted by molar-refractivity contribution is 7.15. The number of benzene rings is 1. The smallest absolute Gasteiger partial charge is 0.279 e. The molecule has 1 amide bonds. The summed E-state index contributed by atoms with van der Waals surface area (Å²) < 4.78 is 10.3. The van der Waals surface area contributed by atoms with Gasteiger partial charge in [-0.15, -0.1) is 10.2 Å². The number of aromatic nitrogens is 3. The Kier molecular flexibility index (Phi) is 5.10. The molecule has 0 spiro atoms. The van der Waals surface area contributed by atoms with Gasteiger partial charge >= 0.3 is 0 Å². The molecule has 0 atom stereocenters. The first-order valence-corrected chi connectivity index (χ1v) is 8.17. The van der Waals surface area contributed by atoms with Crippen LogP contribution in [0, 0.1) is 0 Å². The largest absolute Gasteiger partial charge is 0.444 e. The number of nitrogens with one attached hydrogen (secondary N) is 1. The van der Waals surface area contributed by atoms with Crippen molar-refractivity contribution < 1.29 is 13.9 Å². The summed E-state index contributed by atoms with van der Waals surface area (Å²) in [6, 6.07) is 4.93. The molecule has 0 unspecified atom stereocenters. The van der Waals surface area contributed by atoms with Gasteiger partial charge in [-0.05, 0) is 18.2 Å². The molecule has 3 rings (SSSR count). The molecule has 1 N–H and O–H groups in total. The maximum absolute atomic E-state index is 12.2. The summed E-state index contributed by atoms with van der Waals surface area (Å²) in [7, 11) is 1.56. The van der Waals surface area contributed by atoms with Crippen LogP contribution in [-0.2, 0) is 11.3 Å². The van der Waals surface area contributed by atoms with E-state index < -0.39 is 5.91 Å². The van der Waals surface area contributed by atoms with Gasteiger partial charge in [0, 0.05) is 12.7 Å². The standard InChI is InChI=1S/C14H10Cl2N4O3S/c1-22-6-11-19-20-14(24-11)18-12(21)10-5-23-13(17-10)7-2-3-8(15)9(16)4-7/h2-5H,6H2,1H3,(H,18,20,21). The fraction of sp³-hybridized carbons (Fsp3) is 0.143. The molecule has 0 fully saturated rings. The zero-order chi connectivity index (χ0) is 17.1. The number of anilines is 1. The van der Waals surface area contributed by atoms with E-state index in [0.29, 0.717) is 32.4 Å². The van der Waals surface area contributed by atoms with Gasteiger partial charge in [-0.25, -0.2) is 4.98 Å². The molecule has 0 radical (unpaired) electrons. The number of methoxy groups -OCH3 is 1. The molecule has 124 valence electrons. The number of rotatable bonds is 5. The number of hydrogen-bond acceptors (Lipinski definition) is 7. The first-order chi connectivity index (χ1) is 11.6.